The van der Waals surface area contributed by atoms with Gasteiger partial charge in [0.25, 0.3) is 0 Å². The average molecular weight is 567 g/mol. The van der Waals surface area contributed by atoms with Crippen LogP contribution in [-0.4, -0.2) is 35.8 Å². The SMILES string of the molecule is CC.CC(=O)NC(C)(C)C.Cc1ccc(SNCCC(=O)NC(C)C(=O)NCc2cccc3ccccc23)cc1. The van der Waals surface area contributed by atoms with Crippen molar-refractivity contribution in [1.29, 1.82) is 0 Å². The van der Waals surface area contributed by atoms with Crippen LogP contribution in [0.4, 0.5) is 0 Å². The Morgan fingerprint density at radius 1 is 0.900 bits per heavy atom. The van der Waals surface area contributed by atoms with Crippen molar-refractivity contribution in [2.45, 2.75) is 84.8 Å². The molecule has 0 heterocycles. The molecular formula is C32H46N4O3S. The van der Waals surface area contributed by atoms with Crippen LogP contribution < -0.4 is 20.7 Å². The number of hydrogen-bond acceptors (Lipinski definition) is 5. The summed E-state index contributed by atoms with van der Waals surface area (Å²) in [6.07, 6.45) is 0.305. The number of benzene rings is 3. The standard InChI is InChI=1S/C24H27N3O2S.C6H13NO.C2H6/c1-17-10-12-21(13-11-17)30-26-15-14-23(28)27-18(2)24(29)25-16-20-8-5-7-19-6-3-4-9-22(19)20;1-5(8)7-6(2,3)4;1-2/h3-13,18,26H,14-16H2,1-2H3,(H,25,29)(H,27,28);1-4H3,(H,7,8);1-2H3. The van der Waals surface area contributed by atoms with Crippen LogP contribution in [0.5, 0.6) is 0 Å². The lowest BCUT2D eigenvalue weighted by Crippen LogP contribution is -2.45. The predicted octanol–water partition coefficient (Wildman–Crippen LogP) is 5.90. The molecule has 0 radical (unpaired) electrons. The highest BCUT2D eigenvalue weighted by Crippen LogP contribution is 2.18. The Hall–Kier alpha value is -3.36. The maximum atomic E-state index is 12.4. The summed E-state index contributed by atoms with van der Waals surface area (Å²) in [5.41, 5.74) is 2.19. The lowest BCUT2D eigenvalue weighted by molar-refractivity contribution is -0.128. The largest absolute Gasteiger partial charge is 0.352 e. The fourth-order valence-corrected chi connectivity index (χ4v) is 4.24. The third-order valence-corrected chi connectivity index (χ3v) is 6.18. The van der Waals surface area contributed by atoms with Crippen LogP contribution in [-0.2, 0) is 20.9 Å². The topological polar surface area (TPSA) is 99.3 Å². The second-order valence-electron chi connectivity index (χ2n) is 10.1. The summed E-state index contributed by atoms with van der Waals surface area (Å²) in [4.78, 5) is 36.0. The molecule has 3 aromatic rings. The number of rotatable bonds is 9. The molecule has 1 unspecified atom stereocenters. The first-order valence-electron chi connectivity index (χ1n) is 13.7. The number of aryl methyl sites for hydroxylation is 1. The molecule has 0 saturated heterocycles. The Kier molecular flexibility index (Phi) is 15.7. The molecule has 0 saturated carbocycles. The highest BCUT2D eigenvalue weighted by molar-refractivity contribution is 7.97. The van der Waals surface area contributed by atoms with Gasteiger partial charge in [-0.05, 0) is 75.0 Å². The van der Waals surface area contributed by atoms with E-state index in [0.717, 1.165) is 21.2 Å². The van der Waals surface area contributed by atoms with Crippen molar-refractivity contribution < 1.29 is 14.4 Å². The molecule has 0 aromatic heterocycles. The monoisotopic (exact) mass is 566 g/mol. The van der Waals surface area contributed by atoms with Gasteiger partial charge in [0, 0.05) is 36.9 Å². The number of fused-ring (bicyclic) bond motifs is 1. The molecule has 0 aliphatic rings. The van der Waals surface area contributed by atoms with Crippen LogP contribution in [0.3, 0.4) is 0 Å². The summed E-state index contributed by atoms with van der Waals surface area (Å²) in [6.45, 7) is 16.1. The zero-order valence-corrected chi connectivity index (χ0v) is 26.0. The Bertz CT molecular complexity index is 1200. The summed E-state index contributed by atoms with van der Waals surface area (Å²) in [5, 5.41) is 10.7. The van der Waals surface area contributed by atoms with Crippen molar-refractivity contribution in [3.8, 4) is 0 Å². The van der Waals surface area contributed by atoms with Crippen molar-refractivity contribution in [3.63, 3.8) is 0 Å². The maximum absolute atomic E-state index is 12.4. The van der Waals surface area contributed by atoms with Crippen LogP contribution in [0.25, 0.3) is 10.8 Å². The molecule has 40 heavy (non-hydrogen) atoms. The highest BCUT2D eigenvalue weighted by atomic mass is 32.2. The molecule has 3 rings (SSSR count). The smallest absolute Gasteiger partial charge is 0.242 e. The van der Waals surface area contributed by atoms with E-state index >= 15 is 0 Å². The zero-order valence-electron chi connectivity index (χ0n) is 25.2. The maximum Gasteiger partial charge on any atom is 0.242 e. The molecule has 4 N–H and O–H groups in total. The molecule has 0 fully saturated rings. The van der Waals surface area contributed by atoms with Crippen molar-refractivity contribution in [1.82, 2.24) is 20.7 Å². The van der Waals surface area contributed by atoms with Gasteiger partial charge in [-0.25, -0.2) is 0 Å². The first-order chi connectivity index (χ1) is 18.9. The molecular weight excluding hydrogens is 520 g/mol. The molecule has 0 aliphatic heterocycles. The fourth-order valence-electron chi connectivity index (χ4n) is 3.59. The third kappa shape index (κ3) is 14.1. The van der Waals surface area contributed by atoms with Gasteiger partial charge >= 0.3 is 0 Å². The van der Waals surface area contributed by atoms with Gasteiger partial charge in [0.1, 0.15) is 6.04 Å². The van der Waals surface area contributed by atoms with Gasteiger partial charge in [-0.15, -0.1) is 0 Å². The minimum absolute atomic E-state index is 0.0255. The van der Waals surface area contributed by atoms with E-state index in [2.05, 4.69) is 44.9 Å². The second kappa shape index (κ2) is 18.1. The number of amides is 3. The van der Waals surface area contributed by atoms with E-state index in [4.69, 9.17) is 0 Å². The van der Waals surface area contributed by atoms with Gasteiger partial charge in [-0.2, -0.15) is 0 Å². The van der Waals surface area contributed by atoms with E-state index < -0.39 is 6.04 Å². The van der Waals surface area contributed by atoms with Gasteiger partial charge in [-0.1, -0.05) is 74.0 Å². The van der Waals surface area contributed by atoms with Crippen molar-refractivity contribution in [2.75, 3.05) is 6.54 Å². The quantitative estimate of drug-likeness (QED) is 0.191. The first kappa shape index (κ1) is 34.7. The van der Waals surface area contributed by atoms with Crippen LogP contribution in [0.15, 0.2) is 71.6 Å². The molecule has 3 aromatic carbocycles. The summed E-state index contributed by atoms with van der Waals surface area (Å²) < 4.78 is 3.17. The van der Waals surface area contributed by atoms with Crippen molar-refractivity contribution in [3.05, 3.63) is 77.9 Å². The van der Waals surface area contributed by atoms with Gasteiger partial charge in [0.15, 0.2) is 0 Å². The van der Waals surface area contributed by atoms with Crippen molar-refractivity contribution in [2.24, 2.45) is 0 Å². The minimum Gasteiger partial charge on any atom is -0.352 e. The van der Waals surface area contributed by atoms with E-state index in [-0.39, 0.29) is 23.3 Å². The molecule has 0 spiro atoms. The van der Waals surface area contributed by atoms with Crippen LogP contribution in [0.1, 0.15) is 66.0 Å². The molecule has 0 bridgehead atoms. The number of hydrogen-bond donors (Lipinski definition) is 4. The lowest BCUT2D eigenvalue weighted by Gasteiger charge is -2.18. The van der Waals surface area contributed by atoms with Gasteiger partial charge in [-0.3, -0.25) is 19.1 Å². The van der Waals surface area contributed by atoms with Crippen LogP contribution in [0, 0.1) is 6.92 Å². The van der Waals surface area contributed by atoms with E-state index in [0.29, 0.717) is 19.5 Å². The fraction of sp³-hybridized carbons (Fsp3) is 0.406. The Morgan fingerprint density at radius 3 is 2.12 bits per heavy atom. The average Bonchev–Trinajstić information content (AvgIpc) is 2.90. The molecule has 1 atom stereocenters. The van der Waals surface area contributed by atoms with E-state index in [1.54, 1.807) is 6.92 Å². The van der Waals surface area contributed by atoms with E-state index in [9.17, 15) is 14.4 Å². The first-order valence-corrected chi connectivity index (χ1v) is 14.5. The summed E-state index contributed by atoms with van der Waals surface area (Å²) in [6, 6.07) is 21.7. The Labute approximate surface area is 244 Å². The summed E-state index contributed by atoms with van der Waals surface area (Å²) in [7, 11) is 0. The summed E-state index contributed by atoms with van der Waals surface area (Å²) in [5.74, 6) is -0.324. The van der Waals surface area contributed by atoms with Crippen LogP contribution in [0.2, 0.25) is 0 Å². The van der Waals surface area contributed by atoms with E-state index in [1.165, 1.54) is 24.4 Å². The third-order valence-electron chi connectivity index (χ3n) is 5.32. The van der Waals surface area contributed by atoms with Crippen molar-refractivity contribution >= 4 is 40.4 Å². The molecule has 3 amide bonds. The zero-order chi connectivity index (χ0) is 30.1. The Balaban J connectivity index is 0.000000689. The highest BCUT2D eigenvalue weighted by Gasteiger charge is 2.15. The number of nitrogens with one attached hydrogen (secondary N) is 4. The van der Waals surface area contributed by atoms with E-state index in [1.807, 2.05) is 84.0 Å². The van der Waals surface area contributed by atoms with Gasteiger partial charge in [0.2, 0.25) is 17.7 Å². The second-order valence-corrected chi connectivity index (χ2v) is 11.1. The summed E-state index contributed by atoms with van der Waals surface area (Å²) >= 11 is 1.49. The predicted molar refractivity (Wildman–Crippen MR) is 168 cm³/mol. The molecule has 0 aliphatic carbocycles. The normalized spacial score (nSPS) is 11.2. The minimum atomic E-state index is -0.586. The molecule has 218 valence electrons. The van der Waals surface area contributed by atoms with Gasteiger partial charge < -0.3 is 16.0 Å². The lowest BCUT2D eigenvalue weighted by atomic mass is 10.0. The number of carbonyl (C=O) groups is 3. The molecule has 8 heteroatoms. The van der Waals surface area contributed by atoms with Crippen LogP contribution >= 0.6 is 11.9 Å². The number of carbonyl (C=O) groups excluding carboxylic acids is 3. The van der Waals surface area contributed by atoms with Gasteiger partial charge in [0.05, 0.1) is 0 Å². The molecule has 7 nitrogen and oxygen atoms in total. The Morgan fingerprint density at radius 2 is 1.52 bits per heavy atom.